The third kappa shape index (κ3) is 3.50. The second-order valence-corrected chi connectivity index (χ2v) is 12.3. The lowest BCUT2D eigenvalue weighted by Crippen LogP contribution is -2.47. The average molecular weight is 439 g/mol. The molecule has 4 aliphatic rings. The van der Waals surface area contributed by atoms with Gasteiger partial charge in [-0.2, -0.15) is 4.99 Å². The Hall–Kier alpha value is -1.05. The maximum absolute atomic E-state index is 12.6. The normalized spacial score (nSPS) is 37.0. The molecule has 0 unspecified atom stereocenters. The monoisotopic (exact) mass is 438 g/mol. The van der Waals surface area contributed by atoms with Crippen LogP contribution in [0.2, 0.25) is 5.02 Å². The minimum Gasteiger partial charge on any atom is -0.343 e. The number of hydrogen-bond acceptors (Lipinski definition) is 4. The molecule has 0 radical (unpaired) electrons. The van der Waals surface area contributed by atoms with Gasteiger partial charge in [-0.15, -0.1) is 0 Å². The standard InChI is InChI=1S/C20H23ClN2O3S2/c21-15-5-2-12(3-6-15)9-19(24)22-20-23(16-8-13-1-4-14(16)7-13)17-10-28(25,26)11-18(17)27-20/h2-3,5-6,13-14,16-18H,1,4,7-11H2/t13-,14-,16-,17-,18+/m0/s1. The summed E-state index contributed by atoms with van der Waals surface area (Å²) in [7, 11) is -3.00. The molecule has 0 N–H and O–H groups in total. The second-order valence-electron chi connectivity index (χ2n) is 8.54. The number of halogens is 1. The van der Waals surface area contributed by atoms with Crippen molar-refractivity contribution < 1.29 is 13.2 Å². The summed E-state index contributed by atoms with van der Waals surface area (Å²) in [5.74, 6) is 1.58. The Morgan fingerprint density at radius 2 is 1.93 bits per heavy atom. The summed E-state index contributed by atoms with van der Waals surface area (Å²) in [4.78, 5) is 19.4. The Kier molecular flexibility index (Phi) is 4.75. The third-order valence-electron chi connectivity index (χ3n) is 6.65. The van der Waals surface area contributed by atoms with Gasteiger partial charge in [-0.25, -0.2) is 8.42 Å². The summed E-state index contributed by atoms with van der Waals surface area (Å²) >= 11 is 7.42. The molecule has 5 atom stereocenters. The number of carbonyl (C=O) groups excluding carboxylic acids is 1. The van der Waals surface area contributed by atoms with E-state index in [0.717, 1.165) is 23.1 Å². The minimum absolute atomic E-state index is 0.00575. The predicted octanol–water partition coefficient (Wildman–Crippen LogP) is 3.17. The van der Waals surface area contributed by atoms with Crippen LogP contribution in [0.1, 0.15) is 31.2 Å². The van der Waals surface area contributed by atoms with Crippen molar-refractivity contribution in [2.24, 2.45) is 16.8 Å². The fraction of sp³-hybridized carbons (Fsp3) is 0.600. The van der Waals surface area contributed by atoms with E-state index in [-0.39, 0.29) is 35.1 Å². The Morgan fingerprint density at radius 3 is 2.61 bits per heavy atom. The lowest BCUT2D eigenvalue weighted by atomic mass is 9.93. The number of nitrogens with zero attached hydrogens (tertiary/aromatic N) is 2. The van der Waals surface area contributed by atoms with Crippen molar-refractivity contribution in [2.75, 3.05) is 11.5 Å². The quantitative estimate of drug-likeness (QED) is 0.725. The molecule has 5 rings (SSSR count). The maximum atomic E-state index is 12.6. The van der Waals surface area contributed by atoms with Gasteiger partial charge in [-0.05, 0) is 48.8 Å². The van der Waals surface area contributed by atoms with Gasteiger partial charge in [0.25, 0.3) is 5.91 Å². The SMILES string of the molecule is O=C(Cc1ccc(Cl)cc1)N=C1S[C@@H]2CS(=O)(=O)C[C@@H]2N1[C@H]1C[C@H]2CC[C@H]1C2. The van der Waals surface area contributed by atoms with E-state index in [2.05, 4.69) is 9.89 Å². The Bertz CT molecular complexity index is 931. The van der Waals surface area contributed by atoms with Crippen molar-refractivity contribution in [3.63, 3.8) is 0 Å². The molecule has 4 fully saturated rings. The van der Waals surface area contributed by atoms with Gasteiger partial charge < -0.3 is 4.90 Å². The molecule has 0 aromatic heterocycles. The molecule has 2 aliphatic heterocycles. The number of carbonyl (C=O) groups is 1. The third-order valence-corrected chi connectivity index (χ3v) is 10.1. The number of hydrogen-bond donors (Lipinski definition) is 0. The lowest BCUT2D eigenvalue weighted by Gasteiger charge is -2.36. The number of amides is 1. The maximum Gasteiger partial charge on any atom is 0.252 e. The van der Waals surface area contributed by atoms with Gasteiger partial charge in [0.05, 0.1) is 24.0 Å². The van der Waals surface area contributed by atoms with E-state index in [0.29, 0.717) is 17.0 Å². The zero-order valence-corrected chi connectivity index (χ0v) is 17.8. The van der Waals surface area contributed by atoms with E-state index in [1.165, 1.54) is 31.0 Å². The average Bonchev–Trinajstić information content (AvgIpc) is 3.36. The summed E-state index contributed by atoms with van der Waals surface area (Å²) in [6.45, 7) is 0. The fourth-order valence-electron chi connectivity index (χ4n) is 5.45. The second kappa shape index (κ2) is 7.03. The van der Waals surface area contributed by atoms with Gasteiger partial charge in [-0.3, -0.25) is 4.79 Å². The van der Waals surface area contributed by atoms with Gasteiger partial charge in [0.2, 0.25) is 0 Å². The van der Waals surface area contributed by atoms with E-state index in [9.17, 15) is 13.2 Å². The number of amidine groups is 1. The molecule has 1 aromatic carbocycles. The highest BCUT2D eigenvalue weighted by molar-refractivity contribution is 8.15. The first kappa shape index (κ1) is 18.9. The van der Waals surface area contributed by atoms with Crippen molar-refractivity contribution in [3.8, 4) is 0 Å². The molecule has 8 heteroatoms. The fourth-order valence-corrected chi connectivity index (χ4v) is 9.57. The highest BCUT2D eigenvalue weighted by Gasteiger charge is 2.54. The lowest BCUT2D eigenvalue weighted by molar-refractivity contribution is -0.117. The Morgan fingerprint density at radius 1 is 1.14 bits per heavy atom. The van der Waals surface area contributed by atoms with E-state index < -0.39 is 9.84 Å². The van der Waals surface area contributed by atoms with Crippen LogP contribution in [0.15, 0.2) is 29.3 Å². The molecular weight excluding hydrogens is 416 g/mol. The van der Waals surface area contributed by atoms with Crippen LogP contribution < -0.4 is 0 Å². The summed E-state index contributed by atoms with van der Waals surface area (Å²) in [5, 5.41) is 1.40. The highest BCUT2D eigenvalue weighted by atomic mass is 35.5. The number of thioether (sulfide) groups is 1. The zero-order valence-electron chi connectivity index (χ0n) is 15.5. The molecule has 2 aliphatic carbocycles. The molecule has 2 bridgehead atoms. The Balaban J connectivity index is 1.40. The molecule has 1 aromatic rings. The smallest absolute Gasteiger partial charge is 0.252 e. The molecule has 2 saturated carbocycles. The molecule has 2 heterocycles. The molecular formula is C20H23ClN2O3S2. The highest BCUT2D eigenvalue weighted by Crippen LogP contribution is 2.51. The van der Waals surface area contributed by atoms with Crippen LogP contribution in [0.5, 0.6) is 0 Å². The minimum atomic E-state index is -3.00. The zero-order chi connectivity index (χ0) is 19.5. The van der Waals surface area contributed by atoms with E-state index in [1.807, 2.05) is 12.1 Å². The van der Waals surface area contributed by atoms with Crippen LogP contribution in [0.4, 0.5) is 0 Å². The van der Waals surface area contributed by atoms with Crippen LogP contribution in [-0.2, 0) is 21.1 Å². The largest absolute Gasteiger partial charge is 0.343 e. The number of aliphatic imine (C=N–C) groups is 1. The van der Waals surface area contributed by atoms with Gasteiger partial charge >= 0.3 is 0 Å². The number of sulfone groups is 1. The van der Waals surface area contributed by atoms with Gasteiger partial charge in [0.15, 0.2) is 15.0 Å². The van der Waals surface area contributed by atoms with Crippen LogP contribution >= 0.6 is 23.4 Å². The first-order valence-corrected chi connectivity index (χ1v) is 13.0. The predicted molar refractivity (Wildman–Crippen MR) is 112 cm³/mol. The molecule has 5 nitrogen and oxygen atoms in total. The van der Waals surface area contributed by atoms with Crippen molar-refractivity contribution in [1.29, 1.82) is 0 Å². The molecule has 1 amide bonds. The van der Waals surface area contributed by atoms with E-state index in [4.69, 9.17) is 11.6 Å². The van der Waals surface area contributed by atoms with Crippen LogP contribution in [-0.4, -0.2) is 53.2 Å². The molecule has 0 spiro atoms. The number of benzene rings is 1. The summed E-state index contributed by atoms with van der Waals surface area (Å²) < 4.78 is 24.4. The molecule has 28 heavy (non-hydrogen) atoms. The van der Waals surface area contributed by atoms with Crippen molar-refractivity contribution >= 4 is 44.3 Å². The molecule has 2 saturated heterocycles. The summed E-state index contributed by atoms with van der Waals surface area (Å²) in [6, 6.07) is 7.56. The number of rotatable bonds is 3. The van der Waals surface area contributed by atoms with E-state index >= 15 is 0 Å². The van der Waals surface area contributed by atoms with Crippen molar-refractivity contribution in [3.05, 3.63) is 34.9 Å². The summed E-state index contributed by atoms with van der Waals surface area (Å²) in [6.07, 6.45) is 5.09. The topological polar surface area (TPSA) is 66.8 Å². The first-order chi connectivity index (χ1) is 13.4. The van der Waals surface area contributed by atoms with Crippen molar-refractivity contribution in [2.45, 2.75) is 49.4 Å². The van der Waals surface area contributed by atoms with Crippen LogP contribution in [0.25, 0.3) is 0 Å². The first-order valence-electron chi connectivity index (χ1n) is 9.89. The van der Waals surface area contributed by atoms with Crippen LogP contribution in [0, 0.1) is 11.8 Å². The molecule has 150 valence electrons. The summed E-state index contributed by atoms with van der Waals surface area (Å²) in [5.41, 5.74) is 0.885. The van der Waals surface area contributed by atoms with Crippen molar-refractivity contribution in [1.82, 2.24) is 4.90 Å². The van der Waals surface area contributed by atoms with Gasteiger partial charge in [0, 0.05) is 16.3 Å². The van der Waals surface area contributed by atoms with E-state index in [1.54, 1.807) is 12.1 Å². The van der Waals surface area contributed by atoms with Gasteiger partial charge in [0.1, 0.15) is 0 Å². The van der Waals surface area contributed by atoms with Crippen LogP contribution in [0.3, 0.4) is 0 Å². The Labute approximate surface area is 174 Å². The van der Waals surface area contributed by atoms with Gasteiger partial charge in [-0.1, -0.05) is 41.9 Å². The number of fused-ring (bicyclic) bond motifs is 3.